The SMILES string of the molecule is O=C(O)C(F)(F)OCc1ccoc1. The molecule has 0 fully saturated rings. The second kappa shape index (κ2) is 3.53. The maximum atomic E-state index is 12.3. The van der Waals surface area contributed by atoms with Crippen molar-refractivity contribution in [3.63, 3.8) is 0 Å². The number of carbonyl (C=O) groups is 1. The Morgan fingerprint density at radius 3 is 2.85 bits per heavy atom. The molecule has 0 unspecified atom stereocenters. The molecular formula is C7H6F2O4. The summed E-state index contributed by atoms with van der Waals surface area (Å²) in [5.41, 5.74) is 0.348. The largest absolute Gasteiger partial charge is 0.475 e. The third-order valence-electron chi connectivity index (χ3n) is 1.25. The van der Waals surface area contributed by atoms with Crippen LogP contribution in [0.15, 0.2) is 23.0 Å². The van der Waals surface area contributed by atoms with E-state index < -0.39 is 18.7 Å². The number of aliphatic carboxylic acids is 1. The van der Waals surface area contributed by atoms with Crippen LogP contribution in [0.5, 0.6) is 0 Å². The van der Waals surface area contributed by atoms with Crippen molar-refractivity contribution in [1.82, 2.24) is 0 Å². The Morgan fingerprint density at radius 1 is 1.69 bits per heavy atom. The van der Waals surface area contributed by atoms with Crippen LogP contribution in [0.1, 0.15) is 5.56 Å². The van der Waals surface area contributed by atoms with E-state index >= 15 is 0 Å². The topological polar surface area (TPSA) is 59.7 Å². The number of ether oxygens (including phenoxy) is 1. The molecule has 0 atom stereocenters. The van der Waals surface area contributed by atoms with Crippen molar-refractivity contribution in [3.05, 3.63) is 24.2 Å². The average molecular weight is 192 g/mol. The fourth-order valence-electron chi connectivity index (χ4n) is 0.610. The van der Waals surface area contributed by atoms with E-state index in [1.54, 1.807) is 0 Å². The highest BCUT2D eigenvalue weighted by Crippen LogP contribution is 2.17. The summed E-state index contributed by atoms with van der Waals surface area (Å²) >= 11 is 0. The molecule has 0 amide bonds. The Balaban J connectivity index is 2.47. The maximum Gasteiger partial charge on any atom is 0.456 e. The number of rotatable bonds is 4. The summed E-state index contributed by atoms with van der Waals surface area (Å²) in [7, 11) is 0. The lowest BCUT2D eigenvalue weighted by Crippen LogP contribution is -2.31. The molecule has 72 valence electrons. The van der Waals surface area contributed by atoms with Crippen LogP contribution in [0.25, 0.3) is 0 Å². The summed E-state index contributed by atoms with van der Waals surface area (Å²) in [6, 6.07) is 1.40. The van der Waals surface area contributed by atoms with E-state index in [1.807, 2.05) is 0 Å². The Hall–Kier alpha value is -1.43. The molecule has 0 saturated heterocycles. The maximum absolute atomic E-state index is 12.3. The molecule has 0 saturated carbocycles. The van der Waals surface area contributed by atoms with Crippen molar-refractivity contribution in [2.24, 2.45) is 0 Å². The number of halogens is 2. The highest BCUT2D eigenvalue weighted by Gasteiger charge is 2.40. The van der Waals surface area contributed by atoms with Gasteiger partial charge in [-0.3, -0.25) is 0 Å². The molecule has 0 aliphatic carbocycles. The zero-order valence-corrected chi connectivity index (χ0v) is 6.37. The minimum Gasteiger partial charge on any atom is -0.475 e. The van der Waals surface area contributed by atoms with Crippen LogP contribution < -0.4 is 0 Å². The van der Waals surface area contributed by atoms with Crippen molar-refractivity contribution >= 4 is 5.97 Å². The van der Waals surface area contributed by atoms with Gasteiger partial charge in [0.1, 0.15) is 0 Å². The van der Waals surface area contributed by atoms with Crippen molar-refractivity contribution in [2.45, 2.75) is 12.7 Å². The summed E-state index contributed by atoms with van der Waals surface area (Å²) in [4.78, 5) is 9.88. The molecular weight excluding hydrogens is 186 g/mol. The molecule has 1 heterocycles. The first-order valence-corrected chi connectivity index (χ1v) is 3.28. The zero-order valence-electron chi connectivity index (χ0n) is 6.37. The van der Waals surface area contributed by atoms with Gasteiger partial charge in [-0.2, -0.15) is 8.78 Å². The predicted molar refractivity (Wildman–Crippen MR) is 36.1 cm³/mol. The van der Waals surface area contributed by atoms with Gasteiger partial charge >= 0.3 is 12.1 Å². The van der Waals surface area contributed by atoms with Crippen molar-refractivity contribution in [1.29, 1.82) is 0 Å². The summed E-state index contributed by atoms with van der Waals surface area (Å²) in [6.45, 7) is -0.504. The van der Waals surface area contributed by atoms with Gasteiger partial charge in [-0.25, -0.2) is 4.79 Å². The third-order valence-corrected chi connectivity index (χ3v) is 1.25. The number of hydrogen-bond donors (Lipinski definition) is 1. The molecule has 1 aromatic rings. The Kier molecular flexibility index (Phi) is 2.62. The van der Waals surface area contributed by atoms with Crippen LogP contribution in [0.3, 0.4) is 0 Å². The summed E-state index contributed by atoms with van der Waals surface area (Å²) < 4.78 is 33.0. The van der Waals surface area contributed by atoms with Gasteiger partial charge in [0.15, 0.2) is 0 Å². The molecule has 13 heavy (non-hydrogen) atoms. The lowest BCUT2D eigenvalue weighted by molar-refractivity contribution is -0.250. The van der Waals surface area contributed by atoms with Gasteiger partial charge in [0.2, 0.25) is 0 Å². The first-order valence-electron chi connectivity index (χ1n) is 3.28. The molecule has 1 rings (SSSR count). The van der Waals surface area contributed by atoms with Crippen LogP contribution in [-0.2, 0) is 16.1 Å². The smallest absolute Gasteiger partial charge is 0.456 e. The Morgan fingerprint density at radius 2 is 2.38 bits per heavy atom. The fourth-order valence-corrected chi connectivity index (χ4v) is 0.610. The van der Waals surface area contributed by atoms with Gasteiger partial charge in [-0.05, 0) is 6.07 Å². The quantitative estimate of drug-likeness (QED) is 0.784. The highest BCUT2D eigenvalue weighted by atomic mass is 19.3. The monoisotopic (exact) mass is 192 g/mol. The minimum atomic E-state index is -4.16. The van der Waals surface area contributed by atoms with E-state index in [9.17, 15) is 13.6 Å². The number of carboxylic acid groups (broad SMARTS) is 1. The standard InChI is InChI=1S/C7H6F2O4/c8-7(9,6(10)11)13-4-5-1-2-12-3-5/h1-3H,4H2,(H,10,11). The van der Waals surface area contributed by atoms with Gasteiger partial charge in [0.05, 0.1) is 19.1 Å². The van der Waals surface area contributed by atoms with Crippen LogP contribution >= 0.6 is 0 Å². The van der Waals surface area contributed by atoms with E-state index in [1.165, 1.54) is 18.6 Å². The highest BCUT2D eigenvalue weighted by molar-refractivity contribution is 5.73. The molecule has 0 aliphatic heterocycles. The minimum absolute atomic E-state index is 0.348. The van der Waals surface area contributed by atoms with Gasteiger partial charge in [-0.1, -0.05) is 0 Å². The van der Waals surface area contributed by atoms with E-state index in [-0.39, 0.29) is 0 Å². The summed E-state index contributed by atoms with van der Waals surface area (Å²) in [6.07, 6.45) is -1.69. The first-order chi connectivity index (χ1) is 6.02. The summed E-state index contributed by atoms with van der Waals surface area (Å²) in [5, 5.41) is 7.97. The second-order valence-corrected chi connectivity index (χ2v) is 2.24. The predicted octanol–water partition coefficient (Wildman–Crippen LogP) is 1.47. The van der Waals surface area contributed by atoms with Crippen LogP contribution in [0.4, 0.5) is 8.78 Å². The average Bonchev–Trinajstić information content (AvgIpc) is 2.52. The Labute approximate surface area is 71.7 Å². The molecule has 0 radical (unpaired) electrons. The van der Waals surface area contributed by atoms with E-state index in [0.29, 0.717) is 5.56 Å². The van der Waals surface area contributed by atoms with Crippen LogP contribution in [0.2, 0.25) is 0 Å². The molecule has 6 heteroatoms. The molecule has 0 aromatic carbocycles. The number of alkyl halides is 2. The van der Waals surface area contributed by atoms with Crippen molar-refractivity contribution in [2.75, 3.05) is 0 Å². The first kappa shape index (κ1) is 9.66. The molecule has 1 aromatic heterocycles. The van der Waals surface area contributed by atoms with Crippen LogP contribution in [0, 0.1) is 0 Å². The second-order valence-electron chi connectivity index (χ2n) is 2.24. The van der Waals surface area contributed by atoms with E-state index in [2.05, 4.69) is 9.15 Å². The fraction of sp³-hybridized carbons (Fsp3) is 0.286. The van der Waals surface area contributed by atoms with Crippen LogP contribution in [-0.4, -0.2) is 17.2 Å². The van der Waals surface area contributed by atoms with Crippen molar-refractivity contribution < 1.29 is 27.8 Å². The molecule has 4 nitrogen and oxygen atoms in total. The lowest BCUT2D eigenvalue weighted by Gasteiger charge is -2.10. The molecule has 0 bridgehead atoms. The third kappa shape index (κ3) is 2.51. The van der Waals surface area contributed by atoms with Crippen molar-refractivity contribution in [3.8, 4) is 0 Å². The molecule has 0 aliphatic rings. The van der Waals surface area contributed by atoms with Gasteiger partial charge in [0.25, 0.3) is 0 Å². The zero-order chi connectivity index (χ0) is 9.90. The van der Waals surface area contributed by atoms with E-state index in [4.69, 9.17) is 5.11 Å². The lowest BCUT2D eigenvalue weighted by atomic mass is 10.4. The number of carboxylic acids is 1. The molecule has 0 spiro atoms. The summed E-state index contributed by atoms with van der Waals surface area (Å²) in [5.74, 6) is -2.31. The molecule has 1 N–H and O–H groups in total. The Bertz CT molecular complexity index is 281. The van der Waals surface area contributed by atoms with Gasteiger partial charge in [0, 0.05) is 5.56 Å². The number of hydrogen-bond acceptors (Lipinski definition) is 3. The van der Waals surface area contributed by atoms with Gasteiger partial charge in [-0.15, -0.1) is 0 Å². The number of furan rings is 1. The van der Waals surface area contributed by atoms with Gasteiger partial charge < -0.3 is 14.3 Å². The normalized spacial score (nSPS) is 11.5. The van der Waals surface area contributed by atoms with E-state index in [0.717, 1.165) is 0 Å².